The van der Waals surface area contributed by atoms with Crippen LogP contribution < -0.4 is 5.32 Å². The van der Waals surface area contributed by atoms with Gasteiger partial charge >= 0.3 is 0 Å². The molecule has 5 nitrogen and oxygen atoms in total. The summed E-state index contributed by atoms with van der Waals surface area (Å²) in [4.78, 5) is 21.2. The summed E-state index contributed by atoms with van der Waals surface area (Å²) >= 11 is 0. The number of carbonyl (C=O) groups is 1. The predicted molar refractivity (Wildman–Crippen MR) is 92.7 cm³/mol. The van der Waals surface area contributed by atoms with Crippen molar-refractivity contribution in [3.63, 3.8) is 0 Å². The van der Waals surface area contributed by atoms with Gasteiger partial charge in [-0.3, -0.25) is 4.79 Å². The van der Waals surface area contributed by atoms with Crippen molar-refractivity contribution in [1.82, 2.24) is 15.3 Å². The minimum Gasteiger partial charge on any atom is -0.387 e. The van der Waals surface area contributed by atoms with Gasteiger partial charge in [0.05, 0.1) is 28.5 Å². The zero-order valence-electron chi connectivity index (χ0n) is 13.7. The summed E-state index contributed by atoms with van der Waals surface area (Å²) in [5, 5.41) is 12.9. The molecule has 3 aromatic rings. The first-order valence-corrected chi connectivity index (χ1v) is 7.81. The highest BCUT2D eigenvalue weighted by Gasteiger charge is 2.12. The van der Waals surface area contributed by atoms with Gasteiger partial charge in [0.1, 0.15) is 0 Å². The highest BCUT2D eigenvalue weighted by atomic mass is 16.3. The summed E-state index contributed by atoms with van der Waals surface area (Å²) in [6.07, 6.45) is -0.736. The van der Waals surface area contributed by atoms with Crippen LogP contribution in [0.25, 0.3) is 11.0 Å². The standard InChI is InChI=1S/C19H19N3O2/c1-12-13(2)22-17-10-15(8-9-16(17)21-12)19(24)20-11-18(23)14-6-4-3-5-7-14/h3-10,18,23H,11H2,1-2H3,(H,20,24). The normalized spacial score (nSPS) is 12.1. The Morgan fingerprint density at radius 1 is 1.04 bits per heavy atom. The van der Waals surface area contributed by atoms with Gasteiger partial charge in [0.2, 0.25) is 0 Å². The molecule has 2 aromatic carbocycles. The van der Waals surface area contributed by atoms with Crippen molar-refractivity contribution in [3.8, 4) is 0 Å². The van der Waals surface area contributed by atoms with E-state index in [4.69, 9.17) is 0 Å². The summed E-state index contributed by atoms with van der Waals surface area (Å²) < 4.78 is 0. The van der Waals surface area contributed by atoms with Crippen molar-refractivity contribution in [3.05, 3.63) is 71.0 Å². The summed E-state index contributed by atoms with van der Waals surface area (Å²) in [5.74, 6) is -0.244. The Bertz CT molecular complexity index is 878. The van der Waals surface area contributed by atoms with Crippen LogP contribution in [-0.4, -0.2) is 27.5 Å². The number of amides is 1. The number of carbonyl (C=O) groups excluding carboxylic acids is 1. The topological polar surface area (TPSA) is 75.1 Å². The lowest BCUT2D eigenvalue weighted by Gasteiger charge is -2.12. The molecule has 122 valence electrons. The lowest BCUT2D eigenvalue weighted by atomic mass is 10.1. The molecule has 3 rings (SSSR count). The van der Waals surface area contributed by atoms with Crippen LogP contribution in [0.3, 0.4) is 0 Å². The Morgan fingerprint density at radius 2 is 1.71 bits per heavy atom. The van der Waals surface area contributed by atoms with Crippen LogP contribution in [0, 0.1) is 13.8 Å². The molecule has 0 saturated carbocycles. The van der Waals surface area contributed by atoms with E-state index < -0.39 is 6.10 Å². The molecule has 0 bridgehead atoms. The Labute approximate surface area is 140 Å². The quantitative estimate of drug-likeness (QED) is 0.775. The molecule has 0 fully saturated rings. The average molecular weight is 321 g/mol. The van der Waals surface area contributed by atoms with Crippen molar-refractivity contribution < 1.29 is 9.90 Å². The monoisotopic (exact) mass is 321 g/mol. The van der Waals surface area contributed by atoms with Gasteiger partial charge < -0.3 is 10.4 Å². The fourth-order valence-corrected chi connectivity index (χ4v) is 2.46. The van der Waals surface area contributed by atoms with Crippen LogP contribution in [0.15, 0.2) is 48.5 Å². The maximum atomic E-state index is 12.3. The highest BCUT2D eigenvalue weighted by molar-refractivity contribution is 5.97. The number of fused-ring (bicyclic) bond motifs is 1. The fourth-order valence-electron chi connectivity index (χ4n) is 2.46. The van der Waals surface area contributed by atoms with Crippen LogP contribution in [0.5, 0.6) is 0 Å². The third-order valence-electron chi connectivity index (χ3n) is 3.98. The third kappa shape index (κ3) is 3.41. The number of nitrogens with one attached hydrogen (secondary N) is 1. The molecule has 24 heavy (non-hydrogen) atoms. The number of hydrogen-bond donors (Lipinski definition) is 2. The molecular formula is C19H19N3O2. The van der Waals surface area contributed by atoms with Gasteiger partial charge in [-0.2, -0.15) is 0 Å². The van der Waals surface area contributed by atoms with Gasteiger partial charge in [0.25, 0.3) is 5.91 Å². The Morgan fingerprint density at radius 3 is 2.42 bits per heavy atom. The van der Waals surface area contributed by atoms with Gasteiger partial charge in [0, 0.05) is 12.1 Å². The molecule has 1 atom stereocenters. The van der Waals surface area contributed by atoms with Crippen molar-refractivity contribution >= 4 is 16.9 Å². The first-order valence-electron chi connectivity index (χ1n) is 7.81. The maximum absolute atomic E-state index is 12.3. The summed E-state index contributed by atoms with van der Waals surface area (Å²) in [6, 6.07) is 14.5. The molecule has 0 saturated heterocycles. The molecule has 0 aliphatic carbocycles. The molecule has 0 aliphatic heterocycles. The van der Waals surface area contributed by atoms with E-state index in [1.165, 1.54) is 0 Å². The van der Waals surface area contributed by atoms with Crippen LogP contribution in [0.4, 0.5) is 0 Å². The maximum Gasteiger partial charge on any atom is 0.251 e. The zero-order valence-corrected chi connectivity index (χ0v) is 13.7. The van der Waals surface area contributed by atoms with E-state index in [9.17, 15) is 9.90 Å². The van der Waals surface area contributed by atoms with Crippen molar-refractivity contribution in [2.24, 2.45) is 0 Å². The fraction of sp³-hybridized carbons (Fsp3) is 0.211. The number of benzene rings is 2. The van der Waals surface area contributed by atoms with E-state index in [2.05, 4.69) is 15.3 Å². The molecule has 5 heteroatoms. The third-order valence-corrected chi connectivity index (χ3v) is 3.98. The van der Waals surface area contributed by atoms with Crippen LogP contribution in [0.2, 0.25) is 0 Å². The number of aliphatic hydroxyl groups excluding tert-OH is 1. The molecule has 1 aromatic heterocycles. The summed E-state index contributed by atoms with van der Waals surface area (Å²) in [6.45, 7) is 3.96. The first kappa shape index (κ1) is 16.1. The Hall–Kier alpha value is -2.79. The summed E-state index contributed by atoms with van der Waals surface area (Å²) in [5.41, 5.74) is 4.45. The minimum absolute atomic E-state index is 0.152. The van der Waals surface area contributed by atoms with Crippen molar-refractivity contribution in [1.29, 1.82) is 0 Å². The van der Waals surface area contributed by atoms with Crippen molar-refractivity contribution in [2.75, 3.05) is 6.54 Å². The molecule has 1 heterocycles. The second-order valence-corrected chi connectivity index (χ2v) is 5.73. The van der Waals surface area contributed by atoms with E-state index in [1.807, 2.05) is 44.2 Å². The van der Waals surface area contributed by atoms with Gasteiger partial charge in [-0.15, -0.1) is 0 Å². The second-order valence-electron chi connectivity index (χ2n) is 5.73. The summed E-state index contributed by atoms with van der Waals surface area (Å²) in [7, 11) is 0. The number of nitrogens with zero attached hydrogens (tertiary/aromatic N) is 2. The molecule has 0 spiro atoms. The molecule has 0 aliphatic rings. The highest BCUT2D eigenvalue weighted by Crippen LogP contribution is 2.15. The van der Waals surface area contributed by atoms with E-state index in [0.29, 0.717) is 11.1 Å². The van der Waals surface area contributed by atoms with E-state index in [-0.39, 0.29) is 12.5 Å². The first-order chi connectivity index (χ1) is 11.5. The van der Waals surface area contributed by atoms with E-state index in [0.717, 1.165) is 22.5 Å². The number of aromatic nitrogens is 2. The number of rotatable bonds is 4. The van der Waals surface area contributed by atoms with Gasteiger partial charge in [-0.25, -0.2) is 9.97 Å². The second kappa shape index (κ2) is 6.76. The molecular weight excluding hydrogens is 302 g/mol. The van der Waals surface area contributed by atoms with Gasteiger partial charge in [-0.1, -0.05) is 30.3 Å². The Balaban J connectivity index is 1.73. The molecule has 1 amide bonds. The molecule has 0 radical (unpaired) electrons. The van der Waals surface area contributed by atoms with Crippen LogP contribution >= 0.6 is 0 Å². The molecule has 2 N–H and O–H groups in total. The minimum atomic E-state index is -0.736. The number of hydrogen-bond acceptors (Lipinski definition) is 4. The van der Waals surface area contributed by atoms with Gasteiger partial charge in [-0.05, 0) is 37.6 Å². The lowest BCUT2D eigenvalue weighted by Crippen LogP contribution is -2.28. The van der Waals surface area contributed by atoms with E-state index >= 15 is 0 Å². The zero-order chi connectivity index (χ0) is 17.1. The predicted octanol–water partition coefficient (Wildman–Crippen LogP) is 2.71. The van der Waals surface area contributed by atoms with Crippen molar-refractivity contribution in [2.45, 2.75) is 20.0 Å². The largest absolute Gasteiger partial charge is 0.387 e. The van der Waals surface area contributed by atoms with Crippen LogP contribution in [0.1, 0.15) is 33.4 Å². The average Bonchev–Trinajstić information content (AvgIpc) is 2.60. The van der Waals surface area contributed by atoms with Crippen LogP contribution in [-0.2, 0) is 0 Å². The number of aryl methyl sites for hydroxylation is 2. The molecule has 1 unspecified atom stereocenters. The lowest BCUT2D eigenvalue weighted by molar-refractivity contribution is 0.0916. The SMILES string of the molecule is Cc1nc2ccc(C(=O)NCC(O)c3ccccc3)cc2nc1C. The van der Waals surface area contributed by atoms with E-state index in [1.54, 1.807) is 18.2 Å². The Kier molecular flexibility index (Phi) is 4.53. The number of aliphatic hydroxyl groups is 1. The smallest absolute Gasteiger partial charge is 0.251 e. The van der Waals surface area contributed by atoms with Gasteiger partial charge in [0.15, 0.2) is 0 Å².